The molecule has 0 saturated carbocycles. The first-order valence-corrected chi connectivity index (χ1v) is 8.04. The molecule has 0 amide bonds. The van der Waals surface area contributed by atoms with Crippen molar-refractivity contribution in [1.82, 2.24) is 0 Å². The molecule has 1 aromatic heterocycles. The van der Waals surface area contributed by atoms with Gasteiger partial charge in [-0.3, -0.25) is 0 Å². The molecule has 1 heterocycles. The Morgan fingerprint density at radius 2 is 1.53 bits per heavy atom. The summed E-state index contributed by atoms with van der Waals surface area (Å²) < 4.78 is 0. The topological polar surface area (TPSA) is 26.0 Å². The first-order valence-electron chi connectivity index (χ1n) is 7.16. The van der Waals surface area contributed by atoms with Crippen molar-refractivity contribution in [3.63, 3.8) is 0 Å². The van der Waals surface area contributed by atoms with Crippen LogP contribution in [0.15, 0.2) is 11.4 Å². The van der Waals surface area contributed by atoms with E-state index in [1.54, 1.807) is 11.3 Å². The Kier molecular flexibility index (Phi) is 8.16. The van der Waals surface area contributed by atoms with Gasteiger partial charge in [-0.1, -0.05) is 58.3 Å². The molecule has 0 fully saturated rings. The number of anilines is 1. The highest BCUT2D eigenvalue weighted by Crippen LogP contribution is 2.21. The summed E-state index contributed by atoms with van der Waals surface area (Å²) >= 11 is 1.80. The van der Waals surface area contributed by atoms with Gasteiger partial charge in [0.05, 0.1) is 0 Å². The maximum absolute atomic E-state index is 5.86. The molecular weight excluding hydrogens is 226 g/mol. The minimum Gasteiger partial charge on any atom is -0.398 e. The second-order valence-corrected chi connectivity index (χ2v) is 5.88. The molecule has 1 aromatic rings. The van der Waals surface area contributed by atoms with Crippen molar-refractivity contribution in [2.24, 2.45) is 0 Å². The van der Waals surface area contributed by atoms with E-state index in [1.165, 1.54) is 69.1 Å². The Hall–Kier alpha value is -0.500. The number of nitrogens with two attached hydrogens (primary N) is 1. The second-order valence-electron chi connectivity index (χ2n) is 4.88. The molecule has 2 N–H and O–H groups in total. The fourth-order valence-electron chi connectivity index (χ4n) is 2.15. The van der Waals surface area contributed by atoms with E-state index in [1.807, 2.05) is 6.07 Å². The van der Waals surface area contributed by atoms with E-state index in [-0.39, 0.29) is 0 Å². The van der Waals surface area contributed by atoms with Gasteiger partial charge in [0.15, 0.2) is 0 Å². The van der Waals surface area contributed by atoms with Crippen LogP contribution < -0.4 is 5.73 Å². The number of hydrogen-bond donors (Lipinski definition) is 1. The van der Waals surface area contributed by atoms with E-state index < -0.39 is 0 Å². The highest BCUT2D eigenvalue weighted by molar-refractivity contribution is 7.10. The molecule has 0 atom stereocenters. The lowest BCUT2D eigenvalue weighted by molar-refractivity contribution is 0.565. The number of hydrogen-bond acceptors (Lipinski definition) is 2. The summed E-state index contributed by atoms with van der Waals surface area (Å²) in [5, 5.41) is 2.10. The molecule has 0 aliphatic heterocycles. The number of unbranched alkanes of at least 4 members (excludes halogenated alkanes) is 8. The van der Waals surface area contributed by atoms with Crippen molar-refractivity contribution in [2.45, 2.75) is 71.1 Å². The number of aryl methyl sites for hydroxylation is 1. The Morgan fingerprint density at radius 3 is 2.06 bits per heavy atom. The van der Waals surface area contributed by atoms with Crippen LogP contribution in [0, 0.1) is 0 Å². The quantitative estimate of drug-likeness (QED) is 0.555. The zero-order valence-electron chi connectivity index (χ0n) is 11.2. The third kappa shape index (κ3) is 6.72. The first-order chi connectivity index (χ1) is 8.34. The summed E-state index contributed by atoms with van der Waals surface area (Å²) in [5.41, 5.74) is 6.85. The molecular formula is C15H27NS. The van der Waals surface area contributed by atoms with Gasteiger partial charge in [-0.25, -0.2) is 0 Å². The lowest BCUT2D eigenvalue weighted by Gasteiger charge is -2.02. The van der Waals surface area contributed by atoms with Crippen LogP contribution in [0.4, 0.5) is 5.69 Å². The highest BCUT2D eigenvalue weighted by atomic mass is 32.1. The summed E-state index contributed by atoms with van der Waals surface area (Å²) in [4.78, 5) is 1.38. The molecule has 0 bridgehead atoms. The van der Waals surface area contributed by atoms with E-state index in [0.29, 0.717) is 0 Å². The molecule has 0 spiro atoms. The van der Waals surface area contributed by atoms with Crippen molar-refractivity contribution >= 4 is 17.0 Å². The van der Waals surface area contributed by atoms with Crippen molar-refractivity contribution in [3.05, 3.63) is 16.3 Å². The molecule has 2 heteroatoms. The molecule has 1 nitrogen and oxygen atoms in total. The normalized spacial score (nSPS) is 10.9. The Morgan fingerprint density at radius 1 is 0.941 bits per heavy atom. The summed E-state index contributed by atoms with van der Waals surface area (Å²) in [5.74, 6) is 0. The van der Waals surface area contributed by atoms with Crippen LogP contribution >= 0.6 is 11.3 Å². The average Bonchev–Trinajstić information content (AvgIpc) is 2.73. The zero-order chi connectivity index (χ0) is 12.3. The lowest BCUT2D eigenvalue weighted by Crippen LogP contribution is -1.89. The maximum Gasteiger partial charge on any atom is 0.0455 e. The van der Waals surface area contributed by atoms with Crippen LogP contribution in [-0.4, -0.2) is 0 Å². The van der Waals surface area contributed by atoms with Crippen LogP contribution in [0.5, 0.6) is 0 Å². The van der Waals surface area contributed by atoms with Gasteiger partial charge in [0.2, 0.25) is 0 Å². The van der Waals surface area contributed by atoms with Crippen LogP contribution in [0.1, 0.15) is 69.6 Å². The van der Waals surface area contributed by atoms with Gasteiger partial charge >= 0.3 is 0 Å². The number of thiophene rings is 1. The highest BCUT2D eigenvalue weighted by Gasteiger charge is 1.99. The molecule has 0 unspecified atom stereocenters. The Bertz CT molecular complexity index is 280. The van der Waals surface area contributed by atoms with Gasteiger partial charge in [-0.05, 0) is 24.3 Å². The Labute approximate surface area is 110 Å². The summed E-state index contributed by atoms with van der Waals surface area (Å²) in [7, 11) is 0. The molecule has 0 aliphatic rings. The van der Waals surface area contributed by atoms with E-state index in [4.69, 9.17) is 5.73 Å². The van der Waals surface area contributed by atoms with Gasteiger partial charge in [-0.15, -0.1) is 11.3 Å². The summed E-state index contributed by atoms with van der Waals surface area (Å²) in [6.45, 7) is 2.27. The van der Waals surface area contributed by atoms with E-state index in [2.05, 4.69) is 12.3 Å². The van der Waals surface area contributed by atoms with Gasteiger partial charge in [0.1, 0.15) is 0 Å². The molecule has 17 heavy (non-hydrogen) atoms. The smallest absolute Gasteiger partial charge is 0.0455 e. The molecule has 1 rings (SSSR count). The average molecular weight is 253 g/mol. The van der Waals surface area contributed by atoms with Gasteiger partial charge in [-0.2, -0.15) is 0 Å². The third-order valence-electron chi connectivity index (χ3n) is 3.29. The van der Waals surface area contributed by atoms with Gasteiger partial charge < -0.3 is 5.73 Å². The predicted molar refractivity (Wildman–Crippen MR) is 79.7 cm³/mol. The Balaban J connectivity index is 1.86. The standard InChI is InChI=1S/C15H27NS/c1-2-3-4-5-6-7-8-9-10-11-15-14(16)12-13-17-15/h12-13H,2-11,16H2,1H3. The van der Waals surface area contributed by atoms with Gasteiger partial charge in [0.25, 0.3) is 0 Å². The van der Waals surface area contributed by atoms with E-state index in [0.717, 1.165) is 5.69 Å². The molecule has 0 aromatic carbocycles. The first kappa shape index (κ1) is 14.6. The van der Waals surface area contributed by atoms with Crippen LogP contribution in [0.3, 0.4) is 0 Å². The number of rotatable bonds is 10. The monoisotopic (exact) mass is 253 g/mol. The summed E-state index contributed by atoms with van der Waals surface area (Å²) in [6, 6.07) is 2.02. The molecule has 0 aliphatic carbocycles. The molecule has 98 valence electrons. The molecule has 0 saturated heterocycles. The maximum atomic E-state index is 5.86. The molecule has 0 radical (unpaired) electrons. The van der Waals surface area contributed by atoms with Gasteiger partial charge in [0, 0.05) is 10.6 Å². The van der Waals surface area contributed by atoms with Crippen molar-refractivity contribution in [2.75, 3.05) is 5.73 Å². The number of nitrogen functional groups attached to an aromatic ring is 1. The third-order valence-corrected chi connectivity index (χ3v) is 4.28. The zero-order valence-corrected chi connectivity index (χ0v) is 12.0. The van der Waals surface area contributed by atoms with Crippen LogP contribution in [0.2, 0.25) is 0 Å². The van der Waals surface area contributed by atoms with Crippen molar-refractivity contribution < 1.29 is 0 Å². The fourth-order valence-corrected chi connectivity index (χ4v) is 3.00. The van der Waals surface area contributed by atoms with E-state index >= 15 is 0 Å². The minimum atomic E-state index is 0.995. The lowest BCUT2D eigenvalue weighted by atomic mass is 10.1. The SMILES string of the molecule is CCCCCCCCCCCc1sccc1N. The van der Waals surface area contributed by atoms with Crippen molar-refractivity contribution in [3.8, 4) is 0 Å². The van der Waals surface area contributed by atoms with E-state index in [9.17, 15) is 0 Å². The second kappa shape index (κ2) is 9.52. The predicted octanol–water partition coefficient (Wildman–Crippen LogP) is 5.40. The fraction of sp³-hybridized carbons (Fsp3) is 0.733. The van der Waals surface area contributed by atoms with Crippen molar-refractivity contribution in [1.29, 1.82) is 0 Å². The van der Waals surface area contributed by atoms with Crippen LogP contribution in [0.25, 0.3) is 0 Å². The minimum absolute atomic E-state index is 0.995. The largest absolute Gasteiger partial charge is 0.398 e. The van der Waals surface area contributed by atoms with Crippen LogP contribution in [-0.2, 0) is 6.42 Å². The summed E-state index contributed by atoms with van der Waals surface area (Å²) in [6.07, 6.45) is 13.7.